The van der Waals surface area contributed by atoms with E-state index in [0.29, 0.717) is 11.0 Å². The van der Waals surface area contributed by atoms with Crippen LogP contribution in [0.2, 0.25) is 0 Å². The van der Waals surface area contributed by atoms with E-state index in [4.69, 9.17) is 5.73 Å². The molecule has 84 valence electrons. The van der Waals surface area contributed by atoms with Gasteiger partial charge in [0.05, 0.1) is 5.69 Å². The van der Waals surface area contributed by atoms with Crippen molar-refractivity contribution in [3.63, 3.8) is 0 Å². The minimum Gasteiger partial charge on any atom is -0.375 e. The third kappa shape index (κ3) is 1.73. The first kappa shape index (κ1) is 11.9. The molecule has 4 heteroatoms. The molecule has 0 aliphatic heterocycles. The van der Waals surface area contributed by atoms with Gasteiger partial charge in [0.15, 0.2) is 5.13 Å². The fourth-order valence-electron chi connectivity index (χ4n) is 2.25. The second-order valence-corrected chi connectivity index (χ2v) is 5.13. The number of aromatic nitrogens is 1. The maximum absolute atomic E-state index is 5.77. The van der Waals surface area contributed by atoms with Gasteiger partial charge in [-0.3, -0.25) is 0 Å². The van der Waals surface area contributed by atoms with Crippen molar-refractivity contribution >= 4 is 40.4 Å². The molecule has 0 saturated heterocycles. The smallest absolute Gasteiger partial charge is 0.180 e. The van der Waals surface area contributed by atoms with Crippen LogP contribution in [0.4, 0.5) is 5.13 Å². The van der Waals surface area contributed by atoms with E-state index in [0.717, 1.165) is 12.1 Å². The van der Waals surface area contributed by atoms with Crippen molar-refractivity contribution < 1.29 is 0 Å². The molecule has 1 aliphatic rings. The molecule has 0 radical (unpaired) electrons. The fraction of sp³-hybridized carbons (Fsp3) is 0.250. The first-order valence-electron chi connectivity index (χ1n) is 5.10. The second kappa shape index (κ2) is 4.33. The van der Waals surface area contributed by atoms with E-state index in [1.807, 2.05) is 0 Å². The number of fused-ring (bicyclic) bond motifs is 3. The van der Waals surface area contributed by atoms with Crippen molar-refractivity contribution in [3.8, 4) is 11.3 Å². The lowest BCUT2D eigenvalue weighted by atomic mass is 9.86. The Kier molecular flexibility index (Phi) is 3.21. The Morgan fingerprint density at radius 3 is 2.94 bits per heavy atom. The largest absolute Gasteiger partial charge is 0.375 e. The van der Waals surface area contributed by atoms with Crippen molar-refractivity contribution in [1.29, 1.82) is 0 Å². The lowest BCUT2D eigenvalue weighted by molar-refractivity contribution is 0.757. The van der Waals surface area contributed by atoms with Crippen LogP contribution in [0, 0.1) is 0 Å². The average Bonchev–Trinajstić information content (AvgIpc) is 2.59. The van der Waals surface area contributed by atoms with E-state index >= 15 is 0 Å². The van der Waals surface area contributed by atoms with Crippen molar-refractivity contribution in [2.45, 2.75) is 19.3 Å². The summed E-state index contributed by atoms with van der Waals surface area (Å²) in [4.78, 5) is 5.76. The summed E-state index contributed by atoms with van der Waals surface area (Å²) >= 11 is 1.62. The average molecular weight is 344 g/mol. The first-order valence-corrected chi connectivity index (χ1v) is 5.92. The molecule has 0 fully saturated rings. The third-order valence-corrected chi connectivity index (χ3v) is 3.86. The topological polar surface area (TPSA) is 38.9 Å². The van der Waals surface area contributed by atoms with Crippen LogP contribution in [-0.2, 0) is 6.42 Å². The van der Waals surface area contributed by atoms with Gasteiger partial charge in [0.25, 0.3) is 0 Å². The van der Waals surface area contributed by atoms with E-state index in [2.05, 4.69) is 36.2 Å². The Morgan fingerprint density at radius 1 is 1.38 bits per heavy atom. The molecule has 16 heavy (non-hydrogen) atoms. The molecule has 0 spiro atoms. The summed E-state index contributed by atoms with van der Waals surface area (Å²) in [5.41, 5.74) is 9.53. The van der Waals surface area contributed by atoms with Crippen LogP contribution in [0.3, 0.4) is 0 Å². The van der Waals surface area contributed by atoms with Crippen molar-refractivity contribution in [2.75, 3.05) is 5.73 Å². The molecule has 2 aromatic rings. The van der Waals surface area contributed by atoms with Gasteiger partial charge in [-0.25, -0.2) is 4.98 Å². The Hall–Kier alpha value is -0.620. The van der Waals surface area contributed by atoms with Crippen LogP contribution < -0.4 is 5.73 Å². The molecule has 1 aromatic heterocycles. The molecule has 2 N–H and O–H groups in total. The number of nitrogens with two attached hydrogens (primary N) is 1. The third-order valence-electron chi connectivity index (χ3n) is 2.95. The molecule has 1 heterocycles. The summed E-state index contributed by atoms with van der Waals surface area (Å²) < 4.78 is 0. The lowest BCUT2D eigenvalue weighted by Gasteiger charge is -2.20. The van der Waals surface area contributed by atoms with E-state index < -0.39 is 0 Å². The highest BCUT2D eigenvalue weighted by molar-refractivity contribution is 14.0. The standard InChI is InChI=1S/C12H12N2S.HI/c1-7-6-10-11(14-12(13)15-10)9-5-3-2-4-8(7)9;/h2-5,7H,6H2,1H3,(H2,13,14);1H. The first-order chi connectivity index (χ1) is 7.25. The molecular weight excluding hydrogens is 331 g/mol. The number of benzene rings is 1. The zero-order valence-electron chi connectivity index (χ0n) is 8.93. The summed E-state index contributed by atoms with van der Waals surface area (Å²) in [6.45, 7) is 2.26. The molecule has 1 atom stereocenters. The Balaban J connectivity index is 0.000000963. The van der Waals surface area contributed by atoms with Gasteiger partial charge in [-0.1, -0.05) is 31.2 Å². The monoisotopic (exact) mass is 344 g/mol. The van der Waals surface area contributed by atoms with Crippen LogP contribution in [-0.4, -0.2) is 4.98 Å². The highest BCUT2D eigenvalue weighted by Gasteiger charge is 2.24. The van der Waals surface area contributed by atoms with Crippen molar-refractivity contribution in [3.05, 3.63) is 34.7 Å². The number of anilines is 1. The molecular formula is C12H13IN2S. The van der Waals surface area contributed by atoms with Crippen LogP contribution in [0.25, 0.3) is 11.3 Å². The van der Waals surface area contributed by atoms with Gasteiger partial charge in [-0.15, -0.1) is 35.3 Å². The minimum atomic E-state index is 0. The number of hydrogen-bond acceptors (Lipinski definition) is 3. The molecule has 2 nitrogen and oxygen atoms in total. The highest BCUT2D eigenvalue weighted by atomic mass is 127. The van der Waals surface area contributed by atoms with Crippen LogP contribution in [0.15, 0.2) is 24.3 Å². The van der Waals surface area contributed by atoms with E-state index in [1.165, 1.54) is 16.0 Å². The zero-order valence-corrected chi connectivity index (χ0v) is 12.1. The predicted octanol–water partition coefficient (Wildman–Crippen LogP) is 3.67. The normalized spacial score (nSPS) is 17.2. The number of hydrogen-bond donors (Lipinski definition) is 1. The highest BCUT2D eigenvalue weighted by Crippen LogP contribution is 2.41. The number of halogens is 1. The number of rotatable bonds is 0. The second-order valence-electron chi connectivity index (χ2n) is 4.02. The predicted molar refractivity (Wildman–Crippen MR) is 79.5 cm³/mol. The van der Waals surface area contributed by atoms with Gasteiger partial charge >= 0.3 is 0 Å². The molecule has 0 saturated carbocycles. The summed E-state index contributed by atoms with van der Waals surface area (Å²) in [5, 5.41) is 0.684. The van der Waals surface area contributed by atoms with Crippen LogP contribution >= 0.6 is 35.3 Å². The van der Waals surface area contributed by atoms with E-state index in [1.54, 1.807) is 11.3 Å². The van der Waals surface area contributed by atoms with Gasteiger partial charge in [0.2, 0.25) is 0 Å². The number of nitrogens with zero attached hydrogens (tertiary/aromatic N) is 1. The molecule has 3 rings (SSSR count). The Morgan fingerprint density at radius 2 is 2.12 bits per heavy atom. The summed E-state index contributed by atoms with van der Waals surface area (Å²) in [7, 11) is 0. The van der Waals surface area contributed by atoms with Gasteiger partial charge in [0.1, 0.15) is 0 Å². The van der Waals surface area contributed by atoms with E-state index in [9.17, 15) is 0 Å². The molecule has 1 aliphatic carbocycles. The molecule has 1 aromatic carbocycles. The summed E-state index contributed by atoms with van der Waals surface area (Å²) in [6, 6.07) is 8.49. The SMILES string of the molecule is CC1Cc2sc(N)nc2-c2ccccc21.I. The van der Waals surface area contributed by atoms with Crippen molar-refractivity contribution in [1.82, 2.24) is 4.98 Å². The minimum absolute atomic E-state index is 0. The Bertz CT molecular complexity index is 521. The number of nitrogen functional groups attached to an aromatic ring is 1. The van der Waals surface area contributed by atoms with Crippen LogP contribution in [0.5, 0.6) is 0 Å². The Labute approximate surface area is 116 Å². The summed E-state index contributed by atoms with van der Waals surface area (Å²) in [5.74, 6) is 0.577. The van der Waals surface area contributed by atoms with Crippen molar-refractivity contribution in [2.24, 2.45) is 0 Å². The zero-order chi connectivity index (χ0) is 10.4. The maximum atomic E-state index is 5.77. The lowest BCUT2D eigenvalue weighted by Crippen LogP contribution is -2.06. The summed E-state index contributed by atoms with van der Waals surface area (Å²) in [6.07, 6.45) is 1.07. The van der Waals surface area contributed by atoms with Gasteiger partial charge in [0, 0.05) is 10.4 Å². The van der Waals surface area contributed by atoms with Gasteiger partial charge in [-0.05, 0) is 17.9 Å². The number of thiazole rings is 1. The van der Waals surface area contributed by atoms with E-state index in [-0.39, 0.29) is 24.0 Å². The van der Waals surface area contributed by atoms with Crippen LogP contribution in [0.1, 0.15) is 23.3 Å². The quantitative estimate of drug-likeness (QED) is 0.741. The molecule has 0 amide bonds. The molecule has 1 unspecified atom stereocenters. The van der Waals surface area contributed by atoms with Gasteiger partial charge in [-0.2, -0.15) is 0 Å². The fourth-order valence-corrected chi connectivity index (χ4v) is 3.22. The maximum Gasteiger partial charge on any atom is 0.180 e. The van der Waals surface area contributed by atoms with Gasteiger partial charge < -0.3 is 5.73 Å². The molecule has 0 bridgehead atoms.